The van der Waals surface area contributed by atoms with Crippen molar-refractivity contribution in [3.8, 4) is 0 Å². The van der Waals surface area contributed by atoms with Crippen LogP contribution in [0.3, 0.4) is 0 Å². The average Bonchev–Trinajstić information content (AvgIpc) is 1.66. The maximum absolute atomic E-state index is 7.95. The largest absolute Gasteiger partial charge is 0.619 e. The highest BCUT2D eigenvalue weighted by atomic mass is 16.7. The third-order valence-electron chi connectivity index (χ3n) is 0.392. The Morgan fingerprint density at radius 1 is 1.38 bits per heavy atom. The Bertz CT molecular complexity index is 44.9. The highest BCUT2D eigenvalue weighted by Gasteiger charge is 2.07. The van der Waals surface area contributed by atoms with Gasteiger partial charge in [-0.2, -0.15) is 0 Å². The quantitative estimate of drug-likeness (QED) is 0.263. The molecule has 0 saturated carbocycles. The van der Waals surface area contributed by atoms with Crippen molar-refractivity contribution in [1.82, 2.24) is 0 Å². The monoisotopic (exact) mass is 118 g/mol. The Morgan fingerprint density at radius 2 is 2.00 bits per heavy atom. The van der Waals surface area contributed by atoms with Gasteiger partial charge in [0.2, 0.25) is 0 Å². The molecule has 0 aromatic rings. The van der Waals surface area contributed by atoms with Crippen molar-refractivity contribution in [2.24, 2.45) is 0 Å². The van der Waals surface area contributed by atoms with Crippen LogP contribution in [0.2, 0.25) is 0 Å². The second kappa shape index (κ2) is 5.14. The summed E-state index contributed by atoms with van der Waals surface area (Å²) in [6.45, 7) is 0. The predicted octanol–water partition coefficient (Wildman–Crippen LogP) is -3.49. The molecule has 44 valence electrons. The van der Waals surface area contributed by atoms with Gasteiger partial charge in [-0.05, 0) is 0 Å². The Morgan fingerprint density at radius 3 is 2.38 bits per heavy atom. The van der Waals surface area contributed by atoms with Crippen molar-refractivity contribution in [3.63, 3.8) is 0 Å². The predicted molar refractivity (Wildman–Crippen MR) is 28.9 cm³/mol. The molecule has 0 unspecified atom stereocenters. The molecule has 0 aromatic carbocycles. The lowest BCUT2D eigenvalue weighted by atomic mass is 10.2. The molecule has 8 heteroatoms. The highest BCUT2D eigenvalue weighted by molar-refractivity contribution is 6.46. The molecule has 0 aliphatic rings. The molecule has 5 nitrogen and oxygen atoms in total. The van der Waals surface area contributed by atoms with Gasteiger partial charge >= 0.3 is 22.7 Å². The first kappa shape index (κ1) is 7.99. The Balaban J connectivity index is 2.72. The van der Waals surface area contributed by atoms with Gasteiger partial charge in [0, 0.05) is 0 Å². The summed E-state index contributed by atoms with van der Waals surface area (Å²) in [7, 11) is -2.65. The third kappa shape index (κ3) is 5.99. The molecule has 0 spiro atoms. The first-order chi connectivity index (χ1) is 3.77. The number of hydrogen-bond acceptors (Lipinski definition) is 5. The summed E-state index contributed by atoms with van der Waals surface area (Å²) in [6, 6.07) is 0. The van der Waals surface area contributed by atoms with E-state index in [0.29, 0.717) is 0 Å². The maximum Gasteiger partial charge on any atom is 0.619 e. The van der Waals surface area contributed by atoms with Crippen molar-refractivity contribution < 1.29 is 24.2 Å². The average molecular weight is 117 g/mol. The fourth-order valence-electron chi connectivity index (χ4n) is 0.146. The van der Waals surface area contributed by atoms with E-state index in [9.17, 15) is 0 Å². The molecule has 0 heterocycles. The van der Waals surface area contributed by atoms with Gasteiger partial charge in [0.25, 0.3) is 0 Å². The standard InChI is InChI=1S/B3H5O5/c4-1-7-2-8-3(5)6/h1-2,4-6H. The molecule has 0 amide bonds. The zero-order valence-electron chi connectivity index (χ0n) is 4.15. The molecule has 8 heavy (non-hydrogen) atoms. The minimum Gasteiger partial charge on any atom is -0.458 e. The van der Waals surface area contributed by atoms with E-state index in [0.717, 1.165) is 0 Å². The van der Waals surface area contributed by atoms with E-state index in [-0.39, 0.29) is 7.69 Å². The smallest absolute Gasteiger partial charge is 0.458 e. The molecular weight excluding hydrogens is 112 g/mol. The summed E-state index contributed by atoms with van der Waals surface area (Å²) in [5, 5.41) is 23.8. The summed E-state index contributed by atoms with van der Waals surface area (Å²) in [5.74, 6) is 0. The fraction of sp³-hybridized carbons (Fsp3) is 0. The van der Waals surface area contributed by atoms with Gasteiger partial charge in [0.1, 0.15) is 0 Å². The van der Waals surface area contributed by atoms with E-state index >= 15 is 0 Å². The maximum atomic E-state index is 7.95. The first-order valence-corrected chi connectivity index (χ1v) is 1.93. The molecule has 0 aliphatic carbocycles. The van der Waals surface area contributed by atoms with E-state index in [1.165, 1.54) is 0 Å². The highest BCUT2D eigenvalue weighted by Crippen LogP contribution is 1.70. The molecule has 0 saturated heterocycles. The van der Waals surface area contributed by atoms with Gasteiger partial charge in [0.05, 0.1) is 0 Å². The van der Waals surface area contributed by atoms with E-state index in [4.69, 9.17) is 15.1 Å². The molecular formula is H5B3O5. The van der Waals surface area contributed by atoms with Crippen LogP contribution in [-0.2, 0) is 9.14 Å². The first-order valence-electron chi connectivity index (χ1n) is 1.93. The molecule has 0 atom stereocenters. The van der Waals surface area contributed by atoms with Crippen molar-refractivity contribution in [2.45, 2.75) is 0 Å². The zero-order valence-corrected chi connectivity index (χ0v) is 4.15. The van der Waals surface area contributed by atoms with Crippen LogP contribution in [0.15, 0.2) is 0 Å². The minimum atomic E-state index is -1.83. The van der Waals surface area contributed by atoms with Gasteiger partial charge in [-0.1, -0.05) is 0 Å². The van der Waals surface area contributed by atoms with Crippen LogP contribution in [0.4, 0.5) is 0 Å². The van der Waals surface area contributed by atoms with Crippen molar-refractivity contribution in [2.75, 3.05) is 0 Å². The summed E-state index contributed by atoms with van der Waals surface area (Å²) in [4.78, 5) is 0. The van der Waals surface area contributed by atoms with E-state index < -0.39 is 15.0 Å². The van der Waals surface area contributed by atoms with Crippen LogP contribution >= 0.6 is 0 Å². The van der Waals surface area contributed by atoms with Crippen molar-refractivity contribution >= 4 is 22.7 Å². The molecule has 0 bridgehead atoms. The van der Waals surface area contributed by atoms with Gasteiger partial charge in [-0.25, -0.2) is 0 Å². The lowest BCUT2D eigenvalue weighted by molar-refractivity contribution is 0.274. The topological polar surface area (TPSA) is 79.2 Å². The number of hydrogen-bond donors (Lipinski definition) is 3. The third-order valence-corrected chi connectivity index (χ3v) is 0.392. The van der Waals surface area contributed by atoms with Gasteiger partial charge in [-0.15, -0.1) is 0 Å². The summed E-state index contributed by atoms with van der Waals surface area (Å²) in [5.41, 5.74) is 0. The van der Waals surface area contributed by atoms with E-state index in [1.807, 2.05) is 0 Å². The van der Waals surface area contributed by atoms with Crippen molar-refractivity contribution in [1.29, 1.82) is 0 Å². The van der Waals surface area contributed by atoms with Crippen LogP contribution in [-0.4, -0.2) is 37.8 Å². The van der Waals surface area contributed by atoms with Crippen LogP contribution in [0.1, 0.15) is 0 Å². The summed E-state index contributed by atoms with van der Waals surface area (Å²) < 4.78 is 8.17. The summed E-state index contributed by atoms with van der Waals surface area (Å²) in [6.07, 6.45) is 0. The van der Waals surface area contributed by atoms with Gasteiger partial charge < -0.3 is 24.2 Å². The SMILES string of the molecule is OBOBOB(O)O. The molecule has 0 aliphatic heterocycles. The van der Waals surface area contributed by atoms with Gasteiger partial charge in [-0.3, -0.25) is 0 Å². The van der Waals surface area contributed by atoms with Crippen LogP contribution in [0, 0.1) is 0 Å². The molecule has 0 aromatic heterocycles. The second-order valence-electron chi connectivity index (χ2n) is 0.944. The fourth-order valence-corrected chi connectivity index (χ4v) is 0.146. The van der Waals surface area contributed by atoms with Crippen LogP contribution < -0.4 is 0 Å². The van der Waals surface area contributed by atoms with Crippen LogP contribution in [0.25, 0.3) is 0 Å². The summed E-state index contributed by atoms with van der Waals surface area (Å²) >= 11 is 0. The van der Waals surface area contributed by atoms with Crippen LogP contribution in [0.5, 0.6) is 0 Å². The lowest BCUT2D eigenvalue weighted by Gasteiger charge is -1.96. The van der Waals surface area contributed by atoms with Gasteiger partial charge in [0.15, 0.2) is 0 Å². The molecule has 0 fully saturated rings. The normalized spacial score (nSPS) is 8.38. The Labute approximate surface area is 48.0 Å². The molecule has 0 radical (unpaired) electrons. The second-order valence-corrected chi connectivity index (χ2v) is 0.944. The Hall–Kier alpha value is -0.00519. The molecule has 3 N–H and O–H groups in total. The van der Waals surface area contributed by atoms with E-state index in [1.54, 1.807) is 0 Å². The molecule has 0 rings (SSSR count). The zero-order chi connectivity index (χ0) is 6.41. The van der Waals surface area contributed by atoms with Crippen molar-refractivity contribution in [3.05, 3.63) is 0 Å². The Kier molecular flexibility index (Phi) is 5.13. The minimum absolute atomic E-state index is 0.325. The lowest BCUT2D eigenvalue weighted by Crippen LogP contribution is -2.22. The number of rotatable bonds is 4. The van der Waals surface area contributed by atoms with E-state index in [2.05, 4.69) is 9.14 Å².